The fraction of sp³-hybridized carbons (Fsp3) is 0.200. The molecular weight excluding hydrogens is 362 g/mol. The Kier molecular flexibility index (Phi) is 5.53. The Morgan fingerprint density at radius 1 is 0.926 bits per heavy atom. The van der Waals surface area contributed by atoms with Crippen LogP contribution >= 0.6 is 0 Å². The van der Waals surface area contributed by atoms with Gasteiger partial charge in [0.05, 0.1) is 16.3 Å². The number of azo groups is 1. The van der Waals surface area contributed by atoms with E-state index in [1.54, 1.807) is 24.3 Å². The van der Waals surface area contributed by atoms with Gasteiger partial charge in [-0.1, -0.05) is 38.1 Å². The van der Waals surface area contributed by atoms with Crippen LogP contribution in [-0.4, -0.2) is 30.9 Å². The van der Waals surface area contributed by atoms with Crippen molar-refractivity contribution in [3.63, 3.8) is 0 Å². The van der Waals surface area contributed by atoms with Crippen molar-refractivity contribution in [1.82, 2.24) is 4.31 Å². The number of rotatable bonds is 6. The molecule has 140 valence electrons. The van der Waals surface area contributed by atoms with Gasteiger partial charge in [0.1, 0.15) is 5.75 Å². The van der Waals surface area contributed by atoms with E-state index < -0.39 is 10.0 Å². The fourth-order valence-corrected chi connectivity index (χ4v) is 4.32. The molecule has 0 heterocycles. The predicted molar refractivity (Wildman–Crippen MR) is 106 cm³/mol. The van der Waals surface area contributed by atoms with Gasteiger partial charge in [-0.2, -0.15) is 9.42 Å². The molecular formula is C20H21N3O3S. The largest absolute Gasteiger partial charge is 0.508 e. The Morgan fingerprint density at radius 3 is 2.26 bits per heavy atom. The predicted octanol–water partition coefficient (Wildman–Crippen LogP) is 4.99. The van der Waals surface area contributed by atoms with Crippen molar-refractivity contribution in [2.24, 2.45) is 10.2 Å². The van der Waals surface area contributed by atoms with Crippen LogP contribution in [0.3, 0.4) is 0 Å². The lowest BCUT2D eigenvalue weighted by Crippen LogP contribution is -2.30. The van der Waals surface area contributed by atoms with Crippen molar-refractivity contribution >= 4 is 32.2 Å². The van der Waals surface area contributed by atoms with Crippen LogP contribution in [0.1, 0.15) is 13.8 Å². The Hall–Kier alpha value is -2.77. The molecule has 0 spiro atoms. The SMILES string of the molecule is CCN(CC)S(=O)(=O)c1ccc(N=Nc2cc(O)cc3ccccc23)cc1. The fourth-order valence-electron chi connectivity index (χ4n) is 2.87. The molecule has 6 nitrogen and oxygen atoms in total. The summed E-state index contributed by atoms with van der Waals surface area (Å²) >= 11 is 0. The van der Waals surface area contributed by atoms with E-state index in [0.717, 1.165) is 10.8 Å². The molecule has 3 aromatic rings. The lowest BCUT2D eigenvalue weighted by molar-refractivity contribution is 0.445. The van der Waals surface area contributed by atoms with Crippen LogP contribution in [-0.2, 0) is 10.0 Å². The Morgan fingerprint density at radius 2 is 1.59 bits per heavy atom. The molecule has 0 aliphatic heterocycles. The maximum absolute atomic E-state index is 12.5. The highest BCUT2D eigenvalue weighted by molar-refractivity contribution is 7.89. The summed E-state index contributed by atoms with van der Waals surface area (Å²) in [7, 11) is -3.49. The summed E-state index contributed by atoms with van der Waals surface area (Å²) in [6, 6.07) is 17.1. The number of hydrogen-bond acceptors (Lipinski definition) is 5. The van der Waals surface area contributed by atoms with E-state index in [0.29, 0.717) is 24.5 Å². The van der Waals surface area contributed by atoms with Crippen molar-refractivity contribution in [1.29, 1.82) is 0 Å². The first-order valence-electron chi connectivity index (χ1n) is 8.69. The first kappa shape index (κ1) is 19.0. The molecule has 1 N–H and O–H groups in total. The summed E-state index contributed by atoms with van der Waals surface area (Å²) < 4.78 is 26.4. The van der Waals surface area contributed by atoms with E-state index in [1.807, 2.05) is 38.1 Å². The molecule has 0 bridgehead atoms. The minimum Gasteiger partial charge on any atom is -0.508 e. The molecule has 3 aromatic carbocycles. The van der Waals surface area contributed by atoms with Crippen molar-refractivity contribution in [2.75, 3.05) is 13.1 Å². The summed E-state index contributed by atoms with van der Waals surface area (Å²) in [4.78, 5) is 0.230. The number of fused-ring (bicyclic) bond motifs is 1. The van der Waals surface area contributed by atoms with E-state index in [9.17, 15) is 13.5 Å². The normalized spacial score (nSPS) is 12.3. The lowest BCUT2D eigenvalue weighted by Gasteiger charge is -2.18. The molecule has 0 amide bonds. The molecule has 0 aliphatic rings. The number of sulfonamides is 1. The summed E-state index contributed by atoms with van der Waals surface area (Å²) in [5.74, 6) is 0.114. The van der Waals surface area contributed by atoms with Gasteiger partial charge < -0.3 is 5.11 Å². The van der Waals surface area contributed by atoms with Crippen LogP contribution in [0.2, 0.25) is 0 Å². The standard InChI is InChI=1S/C20H21N3O3S/c1-3-23(4-2)27(25,26)18-11-9-16(10-12-18)21-22-20-14-17(24)13-15-7-5-6-8-19(15)20/h5-14,24H,3-4H2,1-2H3. The van der Waals surface area contributed by atoms with Gasteiger partial charge in [-0.05, 0) is 35.7 Å². The molecule has 0 fully saturated rings. The number of aromatic hydroxyl groups is 1. The third-order valence-corrected chi connectivity index (χ3v) is 6.34. The molecule has 0 saturated heterocycles. The van der Waals surface area contributed by atoms with Gasteiger partial charge in [-0.25, -0.2) is 8.42 Å². The van der Waals surface area contributed by atoms with Gasteiger partial charge >= 0.3 is 0 Å². The van der Waals surface area contributed by atoms with Crippen LogP contribution < -0.4 is 0 Å². The lowest BCUT2D eigenvalue weighted by atomic mass is 10.1. The molecule has 0 unspecified atom stereocenters. The van der Waals surface area contributed by atoms with Crippen molar-refractivity contribution in [3.8, 4) is 5.75 Å². The van der Waals surface area contributed by atoms with E-state index in [2.05, 4.69) is 10.2 Å². The Labute approximate surface area is 158 Å². The first-order chi connectivity index (χ1) is 13.0. The van der Waals surface area contributed by atoms with Crippen molar-refractivity contribution < 1.29 is 13.5 Å². The number of hydrogen-bond donors (Lipinski definition) is 1. The van der Waals surface area contributed by atoms with Crippen molar-refractivity contribution in [3.05, 3.63) is 60.7 Å². The second-order valence-electron chi connectivity index (χ2n) is 5.97. The van der Waals surface area contributed by atoms with Gasteiger partial charge in [-0.15, -0.1) is 5.11 Å². The molecule has 7 heteroatoms. The summed E-state index contributed by atoms with van der Waals surface area (Å²) in [5.41, 5.74) is 1.08. The molecule has 0 atom stereocenters. The summed E-state index contributed by atoms with van der Waals surface area (Å²) in [5, 5.41) is 20.0. The zero-order valence-corrected chi connectivity index (χ0v) is 16.0. The molecule has 0 saturated carbocycles. The first-order valence-corrected chi connectivity index (χ1v) is 10.1. The van der Waals surface area contributed by atoms with E-state index in [-0.39, 0.29) is 10.6 Å². The van der Waals surface area contributed by atoms with Gasteiger partial charge in [0.2, 0.25) is 10.0 Å². The summed E-state index contributed by atoms with van der Waals surface area (Å²) in [6.45, 7) is 4.46. The quantitative estimate of drug-likeness (QED) is 0.609. The van der Waals surface area contributed by atoms with Crippen molar-refractivity contribution in [2.45, 2.75) is 18.7 Å². The average molecular weight is 383 g/mol. The minimum absolute atomic E-state index is 0.114. The maximum Gasteiger partial charge on any atom is 0.243 e. The van der Waals surface area contributed by atoms with Gasteiger partial charge in [0.25, 0.3) is 0 Å². The zero-order chi connectivity index (χ0) is 19.4. The third-order valence-electron chi connectivity index (χ3n) is 4.28. The zero-order valence-electron chi connectivity index (χ0n) is 15.2. The van der Waals surface area contributed by atoms with Gasteiger partial charge in [0.15, 0.2) is 0 Å². The molecule has 0 aliphatic carbocycles. The summed E-state index contributed by atoms with van der Waals surface area (Å²) in [6.07, 6.45) is 0. The second kappa shape index (κ2) is 7.85. The van der Waals surface area contributed by atoms with Gasteiger partial charge in [0, 0.05) is 24.5 Å². The molecule has 0 radical (unpaired) electrons. The highest BCUT2D eigenvalue weighted by atomic mass is 32.2. The Bertz CT molecular complexity index is 1070. The molecule has 27 heavy (non-hydrogen) atoms. The highest BCUT2D eigenvalue weighted by Gasteiger charge is 2.21. The van der Waals surface area contributed by atoms with Crippen LogP contribution in [0, 0.1) is 0 Å². The second-order valence-corrected chi connectivity index (χ2v) is 7.91. The minimum atomic E-state index is -3.49. The third kappa shape index (κ3) is 3.99. The number of phenols is 1. The van der Waals surface area contributed by atoms with Crippen LogP contribution in [0.25, 0.3) is 10.8 Å². The topological polar surface area (TPSA) is 82.3 Å². The van der Waals surface area contributed by atoms with Crippen LogP contribution in [0.15, 0.2) is 75.8 Å². The van der Waals surface area contributed by atoms with Gasteiger partial charge in [-0.3, -0.25) is 0 Å². The monoisotopic (exact) mass is 383 g/mol. The van der Waals surface area contributed by atoms with E-state index in [1.165, 1.54) is 16.4 Å². The van der Waals surface area contributed by atoms with E-state index in [4.69, 9.17) is 0 Å². The molecule has 3 rings (SSSR count). The highest BCUT2D eigenvalue weighted by Crippen LogP contribution is 2.32. The smallest absolute Gasteiger partial charge is 0.243 e. The number of phenolic OH excluding ortho intramolecular Hbond substituents is 1. The maximum atomic E-state index is 12.5. The number of benzene rings is 3. The average Bonchev–Trinajstić information content (AvgIpc) is 2.67. The van der Waals surface area contributed by atoms with Crippen LogP contribution in [0.4, 0.5) is 11.4 Å². The van der Waals surface area contributed by atoms with E-state index >= 15 is 0 Å². The molecule has 0 aromatic heterocycles. The number of nitrogens with zero attached hydrogens (tertiary/aromatic N) is 3. The Balaban J connectivity index is 1.90. The van der Waals surface area contributed by atoms with Crippen LogP contribution in [0.5, 0.6) is 5.75 Å².